The van der Waals surface area contributed by atoms with Gasteiger partial charge < -0.3 is 19.3 Å². The van der Waals surface area contributed by atoms with Crippen LogP contribution in [-0.2, 0) is 0 Å². The lowest BCUT2D eigenvalue weighted by Crippen LogP contribution is -2.44. The van der Waals surface area contributed by atoms with Gasteiger partial charge in [0.2, 0.25) is 0 Å². The fourth-order valence-corrected chi connectivity index (χ4v) is 2.30. The minimum atomic E-state index is -0.463. The number of ether oxygens (including phenoxy) is 2. The number of hydrogen-bond donors (Lipinski definition) is 0. The van der Waals surface area contributed by atoms with Gasteiger partial charge in [0.25, 0.3) is 0 Å². The van der Waals surface area contributed by atoms with Crippen LogP contribution in [0.15, 0.2) is 12.1 Å². The van der Waals surface area contributed by atoms with E-state index in [0.29, 0.717) is 5.75 Å². The Morgan fingerprint density at radius 2 is 1.70 bits per heavy atom. The molecule has 0 atom stereocenters. The molecule has 0 radical (unpaired) electrons. The third kappa shape index (κ3) is 2.77. The average Bonchev–Trinajstić information content (AvgIpc) is 2.46. The number of nitrogens with zero attached hydrogens (tertiary/aromatic N) is 3. The lowest BCUT2D eigenvalue weighted by molar-refractivity contribution is -0.385. The molecule has 0 bridgehead atoms. The number of rotatable bonds is 4. The molecule has 7 heteroatoms. The van der Waals surface area contributed by atoms with Gasteiger partial charge in [-0.25, -0.2) is 0 Å². The SMILES string of the molecule is COc1cc([N+](=O)[O-])c(OC)cc1N1CCN(C)CC1. The predicted molar refractivity (Wildman–Crippen MR) is 75.9 cm³/mol. The molecule has 0 aromatic heterocycles. The van der Waals surface area contributed by atoms with E-state index in [4.69, 9.17) is 9.47 Å². The van der Waals surface area contributed by atoms with Gasteiger partial charge in [0.15, 0.2) is 5.75 Å². The van der Waals surface area contributed by atoms with Gasteiger partial charge in [-0.2, -0.15) is 0 Å². The van der Waals surface area contributed by atoms with Crippen molar-refractivity contribution >= 4 is 11.4 Å². The zero-order valence-corrected chi connectivity index (χ0v) is 12.0. The molecule has 0 spiro atoms. The van der Waals surface area contributed by atoms with Crippen LogP contribution in [0.25, 0.3) is 0 Å². The summed E-state index contributed by atoms with van der Waals surface area (Å²) >= 11 is 0. The quantitative estimate of drug-likeness (QED) is 0.613. The summed E-state index contributed by atoms with van der Waals surface area (Å²) < 4.78 is 10.4. The number of likely N-dealkylation sites (N-methyl/N-ethyl adjacent to an activating group) is 1. The fraction of sp³-hybridized carbons (Fsp3) is 0.538. The van der Waals surface area contributed by atoms with Crippen LogP contribution in [0.2, 0.25) is 0 Å². The van der Waals surface area contributed by atoms with Crippen LogP contribution in [0, 0.1) is 10.1 Å². The van der Waals surface area contributed by atoms with E-state index >= 15 is 0 Å². The molecule has 0 N–H and O–H groups in total. The topological polar surface area (TPSA) is 68.1 Å². The van der Waals surface area contributed by atoms with Crippen LogP contribution in [0.1, 0.15) is 0 Å². The van der Waals surface area contributed by atoms with Crippen molar-refractivity contribution in [1.29, 1.82) is 0 Å². The monoisotopic (exact) mass is 281 g/mol. The fourth-order valence-electron chi connectivity index (χ4n) is 2.30. The molecule has 1 fully saturated rings. The second-order valence-corrected chi connectivity index (χ2v) is 4.74. The maximum atomic E-state index is 11.0. The summed E-state index contributed by atoms with van der Waals surface area (Å²) in [5, 5.41) is 11.0. The number of anilines is 1. The predicted octanol–water partition coefficient (Wildman–Crippen LogP) is 1.36. The van der Waals surface area contributed by atoms with E-state index in [9.17, 15) is 10.1 Å². The Labute approximate surface area is 117 Å². The molecule has 0 aliphatic carbocycles. The first-order valence-corrected chi connectivity index (χ1v) is 6.40. The zero-order valence-electron chi connectivity index (χ0n) is 12.0. The van der Waals surface area contributed by atoms with Crippen molar-refractivity contribution in [2.24, 2.45) is 0 Å². The first kappa shape index (κ1) is 14.4. The highest BCUT2D eigenvalue weighted by atomic mass is 16.6. The van der Waals surface area contributed by atoms with E-state index in [2.05, 4.69) is 16.8 Å². The second-order valence-electron chi connectivity index (χ2n) is 4.74. The van der Waals surface area contributed by atoms with Gasteiger partial charge in [0, 0.05) is 32.2 Å². The van der Waals surface area contributed by atoms with Crippen LogP contribution in [0.4, 0.5) is 11.4 Å². The maximum Gasteiger partial charge on any atom is 0.314 e. The molecule has 0 amide bonds. The largest absolute Gasteiger partial charge is 0.494 e. The summed E-state index contributed by atoms with van der Waals surface area (Å²) in [5.41, 5.74) is 0.755. The molecule has 0 saturated carbocycles. The Bertz CT molecular complexity index is 499. The van der Waals surface area contributed by atoms with Crippen LogP contribution in [0.5, 0.6) is 11.5 Å². The second kappa shape index (κ2) is 5.96. The lowest BCUT2D eigenvalue weighted by Gasteiger charge is -2.34. The van der Waals surface area contributed by atoms with Gasteiger partial charge in [0.1, 0.15) is 5.75 Å². The van der Waals surface area contributed by atoms with E-state index in [1.54, 1.807) is 6.07 Å². The minimum absolute atomic E-state index is 0.0813. The van der Waals surface area contributed by atoms with E-state index in [1.807, 2.05) is 0 Å². The Hall–Kier alpha value is -2.02. The molecule has 7 nitrogen and oxygen atoms in total. The zero-order chi connectivity index (χ0) is 14.7. The van der Waals surface area contributed by atoms with Gasteiger partial charge in [-0.05, 0) is 7.05 Å². The molecule has 1 aliphatic heterocycles. The van der Waals surface area contributed by atoms with Gasteiger partial charge in [-0.3, -0.25) is 10.1 Å². The molecule has 1 aliphatic rings. The van der Waals surface area contributed by atoms with Crippen molar-refractivity contribution in [2.75, 3.05) is 52.3 Å². The first-order chi connectivity index (χ1) is 9.56. The third-order valence-electron chi connectivity index (χ3n) is 3.52. The molecule has 1 heterocycles. The molecule has 1 aromatic rings. The molecule has 1 aromatic carbocycles. The third-order valence-corrected chi connectivity index (χ3v) is 3.52. The van der Waals surface area contributed by atoms with Gasteiger partial charge in [-0.1, -0.05) is 0 Å². The van der Waals surface area contributed by atoms with Crippen molar-refractivity contribution in [3.8, 4) is 11.5 Å². The summed E-state index contributed by atoms with van der Waals surface area (Å²) in [4.78, 5) is 15.0. The summed E-state index contributed by atoms with van der Waals surface area (Å²) in [6.45, 7) is 3.60. The summed E-state index contributed by atoms with van der Waals surface area (Å²) in [7, 11) is 5.03. The van der Waals surface area contributed by atoms with Crippen molar-refractivity contribution in [3.63, 3.8) is 0 Å². The molecule has 2 rings (SSSR count). The number of hydrogen-bond acceptors (Lipinski definition) is 6. The van der Waals surface area contributed by atoms with E-state index in [0.717, 1.165) is 31.9 Å². The smallest absolute Gasteiger partial charge is 0.314 e. The Morgan fingerprint density at radius 3 is 2.20 bits per heavy atom. The highest BCUT2D eigenvalue weighted by molar-refractivity contribution is 5.68. The van der Waals surface area contributed by atoms with Crippen LogP contribution >= 0.6 is 0 Å². The van der Waals surface area contributed by atoms with E-state index < -0.39 is 4.92 Å². The van der Waals surface area contributed by atoms with Gasteiger partial charge in [0.05, 0.1) is 30.9 Å². The van der Waals surface area contributed by atoms with Crippen molar-refractivity contribution in [2.45, 2.75) is 0 Å². The molecular formula is C13H19N3O4. The molecule has 0 unspecified atom stereocenters. The highest BCUT2D eigenvalue weighted by Crippen LogP contribution is 2.39. The average molecular weight is 281 g/mol. The standard InChI is InChI=1S/C13H19N3O4/c1-14-4-6-15(7-5-14)10-8-13(20-3)11(16(17)18)9-12(10)19-2/h8-9H,4-7H2,1-3H3. The number of methoxy groups -OCH3 is 2. The van der Waals surface area contributed by atoms with Crippen molar-refractivity contribution < 1.29 is 14.4 Å². The van der Waals surface area contributed by atoms with Crippen LogP contribution < -0.4 is 14.4 Å². The van der Waals surface area contributed by atoms with Gasteiger partial charge >= 0.3 is 5.69 Å². The van der Waals surface area contributed by atoms with E-state index in [1.165, 1.54) is 20.3 Å². The molecule has 1 saturated heterocycles. The number of nitro benzene ring substituents is 1. The lowest BCUT2D eigenvalue weighted by atomic mass is 10.2. The number of piperazine rings is 1. The van der Waals surface area contributed by atoms with Crippen LogP contribution in [-0.4, -0.2) is 57.3 Å². The summed E-state index contributed by atoms with van der Waals surface area (Å²) in [6.07, 6.45) is 0. The normalized spacial score (nSPS) is 16.1. The molecule has 20 heavy (non-hydrogen) atoms. The Morgan fingerprint density at radius 1 is 1.10 bits per heavy atom. The number of nitro groups is 1. The van der Waals surface area contributed by atoms with Crippen molar-refractivity contribution in [1.82, 2.24) is 4.90 Å². The summed E-state index contributed by atoms with van der Waals surface area (Å²) in [5.74, 6) is 0.756. The van der Waals surface area contributed by atoms with Crippen molar-refractivity contribution in [3.05, 3.63) is 22.2 Å². The van der Waals surface area contributed by atoms with Crippen LogP contribution in [0.3, 0.4) is 0 Å². The van der Waals surface area contributed by atoms with Gasteiger partial charge in [-0.15, -0.1) is 0 Å². The maximum absolute atomic E-state index is 11.0. The highest BCUT2D eigenvalue weighted by Gasteiger charge is 2.24. The first-order valence-electron chi connectivity index (χ1n) is 6.40. The Kier molecular flexibility index (Phi) is 4.29. The number of benzene rings is 1. The Balaban J connectivity index is 2.39. The molecule has 110 valence electrons. The summed E-state index contributed by atoms with van der Waals surface area (Å²) in [6, 6.07) is 3.11. The van der Waals surface area contributed by atoms with E-state index in [-0.39, 0.29) is 11.4 Å². The molecular weight excluding hydrogens is 262 g/mol. The minimum Gasteiger partial charge on any atom is -0.494 e.